The third kappa shape index (κ3) is 2.80. The summed E-state index contributed by atoms with van der Waals surface area (Å²) in [5, 5.41) is 23.2. The number of hydrogen-bond acceptors (Lipinski definition) is 5. The largest absolute Gasteiger partial charge is 0.507 e. The Kier molecular flexibility index (Phi) is 4.15. The first-order chi connectivity index (χ1) is 11.4. The minimum Gasteiger partial charge on any atom is -0.507 e. The van der Waals surface area contributed by atoms with Crippen LogP contribution in [0.15, 0.2) is 24.3 Å². The lowest BCUT2D eigenvalue weighted by Crippen LogP contribution is -2.00. The van der Waals surface area contributed by atoms with Crippen molar-refractivity contribution in [1.82, 2.24) is 4.98 Å². The van der Waals surface area contributed by atoms with Crippen LogP contribution in [0.2, 0.25) is 0 Å². The molecule has 0 aliphatic heterocycles. The maximum absolute atomic E-state index is 10.9. The molecule has 0 saturated heterocycles. The summed E-state index contributed by atoms with van der Waals surface area (Å²) >= 11 is 1.51. The number of rotatable bonds is 4. The Hall–Kier alpha value is -2.60. The zero-order chi connectivity index (χ0) is 17.4. The van der Waals surface area contributed by atoms with Crippen molar-refractivity contribution in [2.24, 2.45) is 0 Å². The number of nitrogens with one attached hydrogen (secondary N) is 1. The van der Waals surface area contributed by atoms with E-state index in [4.69, 9.17) is 5.11 Å². The van der Waals surface area contributed by atoms with Gasteiger partial charge in [0.1, 0.15) is 5.75 Å². The molecule has 5 nitrogen and oxygen atoms in total. The fraction of sp³-hybridized carbons (Fsp3) is 0.222. The number of aromatic carboxylic acids is 1. The van der Waals surface area contributed by atoms with Gasteiger partial charge in [-0.2, -0.15) is 0 Å². The molecule has 3 aromatic rings. The maximum atomic E-state index is 10.9. The highest BCUT2D eigenvalue weighted by atomic mass is 32.1. The summed E-state index contributed by atoms with van der Waals surface area (Å²) in [5.41, 5.74) is 4.87. The third-order valence-electron chi connectivity index (χ3n) is 4.24. The van der Waals surface area contributed by atoms with E-state index in [9.17, 15) is 9.90 Å². The van der Waals surface area contributed by atoms with Gasteiger partial charge in [-0.3, -0.25) is 0 Å². The number of carboxylic acids is 1. The molecular weight excluding hydrogens is 324 g/mol. The van der Waals surface area contributed by atoms with Gasteiger partial charge in [0.15, 0.2) is 5.13 Å². The lowest BCUT2D eigenvalue weighted by Gasteiger charge is -2.07. The molecule has 6 heteroatoms. The second-order valence-electron chi connectivity index (χ2n) is 5.78. The molecule has 0 unspecified atom stereocenters. The highest BCUT2D eigenvalue weighted by molar-refractivity contribution is 7.22. The highest BCUT2D eigenvalue weighted by Crippen LogP contribution is 2.38. The standard InChI is InChI=1S/C18H18N2O3S/c1-9-10(2)15(21)11(3)16-14(9)20-18(24-16)19-8-12-4-6-13(7-5-12)17(22)23/h4-7,21H,8H2,1-3H3,(H,19,20)(H,22,23). The summed E-state index contributed by atoms with van der Waals surface area (Å²) in [7, 11) is 0. The van der Waals surface area contributed by atoms with E-state index in [2.05, 4.69) is 10.3 Å². The first-order valence-corrected chi connectivity index (χ1v) is 8.35. The summed E-state index contributed by atoms with van der Waals surface area (Å²) in [6, 6.07) is 6.76. The summed E-state index contributed by atoms with van der Waals surface area (Å²) in [4.78, 5) is 15.5. The van der Waals surface area contributed by atoms with Gasteiger partial charge >= 0.3 is 5.97 Å². The van der Waals surface area contributed by atoms with Gasteiger partial charge in [-0.25, -0.2) is 9.78 Å². The predicted molar refractivity (Wildman–Crippen MR) is 96.2 cm³/mol. The van der Waals surface area contributed by atoms with Crippen LogP contribution in [0, 0.1) is 20.8 Å². The van der Waals surface area contributed by atoms with Crippen LogP contribution in [-0.2, 0) is 6.54 Å². The average Bonchev–Trinajstić information content (AvgIpc) is 3.01. The number of phenolic OH excluding ortho intramolecular Hbond substituents is 1. The summed E-state index contributed by atoms with van der Waals surface area (Å²) in [6.45, 7) is 6.32. The molecule has 24 heavy (non-hydrogen) atoms. The van der Waals surface area contributed by atoms with Crippen LogP contribution >= 0.6 is 11.3 Å². The van der Waals surface area contributed by atoms with Gasteiger partial charge in [0.2, 0.25) is 0 Å². The van der Waals surface area contributed by atoms with Gasteiger partial charge in [-0.1, -0.05) is 23.5 Å². The van der Waals surface area contributed by atoms with Crippen LogP contribution in [-0.4, -0.2) is 21.2 Å². The highest BCUT2D eigenvalue weighted by Gasteiger charge is 2.15. The third-order valence-corrected chi connectivity index (χ3v) is 5.37. The minimum atomic E-state index is -0.929. The quantitative estimate of drug-likeness (QED) is 0.661. The maximum Gasteiger partial charge on any atom is 0.335 e. The number of aryl methyl sites for hydroxylation is 2. The molecule has 0 aliphatic carbocycles. The smallest absolute Gasteiger partial charge is 0.335 e. The van der Waals surface area contributed by atoms with Crippen LogP contribution in [0.3, 0.4) is 0 Å². The number of fused-ring (bicyclic) bond motifs is 1. The van der Waals surface area contributed by atoms with E-state index in [1.807, 2.05) is 20.8 Å². The molecule has 0 fully saturated rings. The molecule has 0 bridgehead atoms. The lowest BCUT2D eigenvalue weighted by atomic mass is 10.0. The summed E-state index contributed by atoms with van der Waals surface area (Å²) < 4.78 is 0.985. The van der Waals surface area contributed by atoms with Crippen LogP contribution in [0.4, 0.5) is 5.13 Å². The molecule has 0 spiro atoms. The Bertz CT molecular complexity index is 885. The molecule has 0 atom stereocenters. The van der Waals surface area contributed by atoms with Gasteiger partial charge < -0.3 is 15.5 Å². The van der Waals surface area contributed by atoms with Crippen molar-refractivity contribution >= 4 is 32.7 Å². The first-order valence-electron chi connectivity index (χ1n) is 7.54. The zero-order valence-electron chi connectivity index (χ0n) is 13.7. The van der Waals surface area contributed by atoms with Crippen LogP contribution < -0.4 is 5.32 Å². The van der Waals surface area contributed by atoms with Crippen molar-refractivity contribution in [2.45, 2.75) is 27.3 Å². The molecule has 0 aliphatic rings. The number of anilines is 1. The Morgan fingerprint density at radius 3 is 2.42 bits per heavy atom. The second-order valence-corrected chi connectivity index (χ2v) is 6.78. The van der Waals surface area contributed by atoms with Crippen molar-refractivity contribution in [3.63, 3.8) is 0 Å². The van der Waals surface area contributed by atoms with Crippen LogP contribution in [0.1, 0.15) is 32.6 Å². The van der Waals surface area contributed by atoms with Crippen molar-refractivity contribution < 1.29 is 15.0 Å². The number of carbonyl (C=O) groups is 1. The molecule has 1 aromatic heterocycles. The summed E-state index contributed by atoms with van der Waals surface area (Å²) in [5.74, 6) is -0.596. The number of aromatic nitrogens is 1. The molecule has 124 valence electrons. The van der Waals surface area contributed by atoms with Gasteiger partial charge in [-0.05, 0) is 49.6 Å². The molecule has 2 aromatic carbocycles. The van der Waals surface area contributed by atoms with Crippen molar-refractivity contribution in [3.05, 3.63) is 52.1 Å². The molecule has 0 radical (unpaired) electrons. The topological polar surface area (TPSA) is 82.5 Å². The number of nitrogens with zero attached hydrogens (tertiary/aromatic N) is 1. The number of thiazole rings is 1. The average molecular weight is 342 g/mol. The Morgan fingerprint density at radius 1 is 1.12 bits per heavy atom. The number of aromatic hydroxyl groups is 1. The van der Waals surface area contributed by atoms with E-state index < -0.39 is 5.97 Å². The Balaban J connectivity index is 1.84. The van der Waals surface area contributed by atoms with E-state index in [0.717, 1.165) is 37.6 Å². The fourth-order valence-electron chi connectivity index (χ4n) is 2.59. The van der Waals surface area contributed by atoms with Crippen molar-refractivity contribution in [2.75, 3.05) is 5.32 Å². The molecule has 0 amide bonds. The van der Waals surface area contributed by atoms with Gasteiger partial charge in [0.05, 0.1) is 15.8 Å². The monoisotopic (exact) mass is 342 g/mol. The Labute approximate surface area is 143 Å². The normalized spacial score (nSPS) is 11.0. The molecule has 0 saturated carbocycles. The molecule has 1 heterocycles. The van der Waals surface area contributed by atoms with Crippen molar-refractivity contribution in [1.29, 1.82) is 0 Å². The minimum absolute atomic E-state index is 0.274. The molecular formula is C18H18N2O3S. The van der Waals surface area contributed by atoms with E-state index in [1.165, 1.54) is 11.3 Å². The van der Waals surface area contributed by atoms with Crippen molar-refractivity contribution in [3.8, 4) is 5.75 Å². The fourth-order valence-corrected chi connectivity index (χ4v) is 3.61. The SMILES string of the molecule is Cc1c(O)c(C)c2sc(NCc3ccc(C(=O)O)cc3)nc2c1C. The number of hydrogen-bond donors (Lipinski definition) is 3. The van der Waals surface area contributed by atoms with E-state index >= 15 is 0 Å². The Morgan fingerprint density at radius 2 is 1.79 bits per heavy atom. The predicted octanol–water partition coefficient (Wildman–Crippen LogP) is 4.24. The van der Waals surface area contributed by atoms with Crippen LogP contribution in [0.5, 0.6) is 5.75 Å². The van der Waals surface area contributed by atoms with Crippen LogP contribution in [0.25, 0.3) is 10.2 Å². The van der Waals surface area contributed by atoms with E-state index in [-0.39, 0.29) is 5.56 Å². The van der Waals surface area contributed by atoms with Gasteiger partial charge in [0, 0.05) is 12.1 Å². The molecule has 3 N–H and O–H groups in total. The zero-order valence-corrected chi connectivity index (χ0v) is 14.5. The second kappa shape index (κ2) is 6.13. The molecule has 3 rings (SSSR count). The first kappa shape index (κ1) is 16.3. The van der Waals surface area contributed by atoms with E-state index in [1.54, 1.807) is 24.3 Å². The number of phenols is 1. The number of benzene rings is 2. The van der Waals surface area contributed by atoms with Gasteiger partial charge in [-0.15, -0.1) is 0 Å². The summed E-state index contributed by atoms with van der Waals surface area (Å²) in [6.07, 6.45) is 0. The van der Waals surface area contributed by atoms with Gasteiger partial charge in [0.25, 0.3) is 0 Å². The number of carboxylic acid groups (broad SMARTS) is 1. The van der Waals surface area contributed by atoms with E-state index in [0.29, 0.717) is 12.3 Å². The lowest BCUT2D eigenvalue weighted by molar-refractivity contribution is 0.0697.